The first-order valence-electron chi connectivity index (χ1n) is 12.8. The molecule has 2 aliphatic heterocycles. The lowest BCUT2D eigenvalue weighted by atomic mass is 10.2. The van der Waals surface area contributed by atoms with Crippen LogP contribution in [-0.4, -0.2) is 83.3 Å². The molecule has 2 rings (SSSR count). The molecule has 2 aliphatic rings. The van der Waals surface area contributed by atoms with E-state index in [0.29, 0.717) is 25.9 Å². The first kappa shape index (κ1) is 37.5. The molecule has 0 radical (unpaired) electrons. The molecular weight excluding hydrogens is 512 g/mol. The van der Waals surface area contributed by atoms with Crippen LogP contribution in [-0.2, 0) is 43.0 Å². The minimum absolute atomic E-state index is 0.0665. The van der Waals surface area contributed by atoms with Gasteiger partial charge in [-0.3, -0.25) is 19.2 Å². The summed E-state index contributed by atoms with van der Waals surface area (Å²) in [7, 11) is 1.35. The Bertz CT molecular complexity index is 769. The molecule has 39 heavy (non-hydrogen) atoms. The number of carboxylic acids is 1. The Balaban J connectivity index is 0. The van der Waals surface area contributed by atoms with Crippen LogP contribution in [0.5, 0.6) is 0 Å². The molecule has 0 aromatic rings. The number of carbonyl (C=O) groups is 6. The summed E-state index contributed by atoms with van der Waals surface area (Å²) >= 11 is 0. The monoisotopic (exact) mass is 556 g/mol. The fraction of sp³-hybridized carbons (Fsp3) is 0.630. The van der Waals surface area contributed by atoms with Crippen molar-refractivity contribution in [1.29, 1.82) is 0 Å². The Labute approximate surface area is 230 Å². The van der Waals surface area contributed by atoms with Crippen molar-refractivity contribution in [2.45, 2.75) is 91.5 Å². The molecule has 2 amide bonds. The Morgan fingerprint density at radius 1 is 0.769 bits per heavy atom. The SMILES string of the molecule is C=CC(=O)OC(C)N1CCCCCC1=O.C=CC(=O)OC(C)N1CCCCCC1=O.CC(=O)O.COC(C)=O. The lowest BCUT2D eigenvalue weighted by Crippen LogP contribution is -2.40. The van der Waals surface area contributed by atoms with Crippen LogP contribution in [0.25, 0.3) is 0 Å². The number of aliphatic carboxylic acids is 1. The highest BCUT2D eigenvalue weighted by molar-refractivity contribution is 5.82. The lowest BCUT2D eigenvalue weighted by Gasteiger charge is -2.26. The number of esters is 3. The maximum atomic E-state index is 11.6. The van der Waals surface area contributed by atoms with Crippen molar-refractivity contribution in [3.8, 4) is 0 Å². The molecule has 0 spiro atoms. The Kier molecular flexibility index (Phi) is 21.4. The minimum Gasteiger partial charge on any atom is -0.481 e. The van der Waals surface area contributed by atoms with E-state index in [0.717, 1.165) is 57.6 Å². The van der Waals surface area contributed by atoms with Gasteiger partial charge in [-0.1, -0.05) is 26.0 Å². The third-order valence-electron chi connectivity index (χ3n) is 5.29. The molecule has 12 nitrogen and oxygen atoms in total. The van der Waals surface area contributed by atoms with Crippen LogP contribution >= 0.6 is 0 Å². The van der Waals surface area contributed by atoms with Crippen molar-refractivity contribution < 1.29 is 48.1 Å². The summed E-state index contributed by atoms with van der Waals surface area (Å²) < 4.78 is 14.1. The largest absolute Gasteiger partial charge is 0.481 e. The van der Waals surface area contributed by atoms with Gasteiger partial charge in [0.1, 0.15) is 0 Å². The summed E-state index contributed by atoms with van der Waals surface area (Å²) in [6.07, 6.45) is 8.28. The number of carbonyl (C=O) groups excluding carboxylic acids is 5. The van der Waals surface area contributed by atoms with Gasteiger partial charge < -0.3 is 29.1 Å². The molecule has 0 aliphatic carbocycles. The van der Waals surface area contributed by atoms with E-state index in [1.54, 1.807) is 23.6 Å². The predicted octanol–water partition coefficient (Wildman–Crippen LogP) is 3.20. The van der Waals surface area contributed by atoms with Gasteiger partial charge in [0.15, 0.2) is 12.5 Å². The third kappa shape index (κ3) is 20.0. The van der Waals surface area contributed by atoms with Crippen molar-refractivity contribution in [1.82, 2.24) is 9.80 Å². The number of likely N-dealkylation sites (tertiary alicyclic amines) is 2. The van der Waals surface area contributed by atoms with E-state index in [-0.39, 0.29) is 17.8 Å². The molecule has 12 heteroatoms. The number of hydrogen-bond acceptors (Lipinski definition) is 9. The average Bonchev–Trinajstić information content (AvgIpc) is 3.23. The topological polar surface area (TPSA) is 157 Å². The summed E-state index contributed by atoms with van der Waals surface area (Å²) in [5.74, 6) is -1.92. The zero-order chi connectivity index (χ0) is 30.4. The molecule has 0 bridgehead atoms. The fourth-order valence-electron chi connectivity index (χ4n) is 3.34. The number of nitrogens with zero attached hydrogens (tertiary/aromatic N) is 2. The van der Waals surface area contributed by atoms with E-state index in [9.17, 15) is 24.0 Å². The summed E-state index contributed by atoms with van der Waals surface area (Å²) in [6, 6.07) is 0. The van der Waals surface area contributed by atoms with Crippen molar-refractivity contribution in [3.63, 3.8) is 0 Å². The van der Waals surface area contributed by atoms with E-state index in [1.165, 1.54) is 14.0 Å². The van der Waals surface area contributed by atoms with Crippen LogP contribution in [0.3, 0.4) is 0 Å². The smallest absolute Gasteiger partial charge is 0.332 e. The lowest BCUT2D eigenvalue weighted by molar-refractivity contribution is -0.160. The number of amides is 2. The maximum absolute atomic E-state index is 11.6. The van der Waals surface area contributed by atoms with E-state index in [2.05, 4.69) is 17.9 Å². The Morgan fingerprint density at radius 3 is 1.33 bits per heavy atom. The first-order valence-corrected chi connectivity index (χ1v) is 12.8. The second-order valence-electron chi connectivity index (χ2n) is 8.49. The van der Waals surface area contributed by atoms with Gasteiger partial charge in [0, 0.05) is 51.9 Å². The molecule has 2 atom stereocenters. The maximum Gasteiger partial charge on any atom is 0.332 e. The van der Waals surface area contributed by atoms with Crippen LogP contribution in [0.1, 0.15) is 79.1 Å². The van der Waals surface area contributed by atoms with Crippen LogP contribution in [0.4, 0.5) is 0 Å². The number of methoxy groups -OCH3 is 1. The second kappa shape index (κ2) is 22.3. The van der Waals surface area contributed by atoms with Crippen LogP contribution in [0.15, 0.2) is 25.3 Å². The third-order valence-corrected chi connectivity index (χ3v) is 5.29. The van der Waals surface area contributed by atoms with Gasteiger partial charge in [-0.25, -0.2) is 9.59 Å². The second-order valence-corrected chi connectivity index (χ2v) is 8.49. The predicted molar refractivity (Wildman–Crippen MR) is 143 cm³/mol. The number of carboxylic acid groups (broad SMARTS) is 1. The van der Waals surface area contributed by atoms with Crippen LogP contribution in [0.2, 0.25) is 0 Å². The van der Waals surface area contributed by atoms with Crippen LogP contribution in [0, 0.1) is 0 Å². The molecule has 2 heterocycles. The molecule has 1 N–H and O–H groups in total. The summed E-state index contributed by atoms with van der Waals surface area (Å²) in [5, 5.41) is 7.42. The number of rotatable bonds is 6. The average molecular weight is 557 g/mol. The zero-order valence-electron chi connectivity index (χ0n) is 23.8. The summed E-state index contributed by atoms with van der Waals surface area (Å²) in [4.78, 5) is 67.1. The molecule has 2 fully saturated rings. The van der Waals surface area contributed by atoms with Gasteiger partial charge in [0.2, 0.25) is 11.8 Å². The molecule has 0 saturated carbocycles. The molecule has 2 saturated heterocycles. The fourth-order valence-corrected chi connectivity index (χ4v) is 3.34. The van der Waals surface area contributed by atoms with Crippen molar-refractivity contribution in [2.24, 2.45) is 0 Å². The van der Waals surface area contributed by atoms with E-state index >= 15 is 0 Å². The van der Waals surface area contributed by atoms with E-state index in [4.69, 9.17) is 19.4 Å². The van der Waals surface area contributed by atoms with Crippen molar-refractivity contribution >= 4 is 35.7 Å². The Morgan fingerprint density at radius 2 is 1.08 bits per heavy atom. The van der Waals surface area contributed by atoms with Crippen molar-refractivity contribution in [2.75, 3.05) is 20.2 Å². The van der Waals surface area contributed by atoms with Crippen molar-refractivity contribution in [3.05, 3.63) is 25.3 Å². The summed E-state index contributed by atoms with van der Waals surface area (Å²) in [5.41, 5.74) is 0. The minimum atomic E-state index is -0.833. The first-order chi connectivity index (χ1) is 18.3. The molecule has 0 aromatic carbocycles. The standard InChI is InChI=1S/2C11H17NO3.C3H6O2.C2H4O2/c2*1-3-11(14)15-9(2)12-8-6-4-5-7-10(12)13;1-3(4)5-2;1-2(3)4/h2*3,9H,1,4-8H2,2H3;1-2H3;1H3,(H,3,4). The van der Waals surface area contributed by atoms with Gasteiger partial charge in [-0.05, 0) is 39.5 Å². The van der Waals surface area contributed by atoms with Gasteiger partial charge in [-0.2, -0.15) is 0 Å². The van der Waals surface area contributed by atoms with E-state index in [1.807, 2.05) is 0 Å². The van der Waals surface area contributed by atoms with Gasteiger partial charge in [-0.15, -0.1) is 0 Å². The number of hydrogen-bond donors (Lipinski definition) is 1. The van der Waals surface area contributed by atoms with E-state index < -0.39 is 30.4 Å². The normalized spacial score (nSPS) is 16.3. The highest BCUT2D eigenvalue weighted by atomic mass is 16.6. The molecule has 222 valence electrons. The van der Waals surface area contributed by atoms with Gasteiger partial charge >= 0.3 is 17.9 Å². The molecule has 2 unspecified atom stereocenters. The quantitative estimate of drug-likeness (QED) is 0.293. The zero-order valence-corrected chi connectivity index (χ0v) is 23.8. The highest BCUT2D eigenvalue weighted by Gasteiger charge is 2.24. The van der Waals surface area contributed by atoms with Crippen LogP contribution < -0.4 is 0 Å². The highest BCUT2D eigenvalue weighted by Crippen LogP contribution is 2.15. The van der Waals surface area contributed by atoms with Gasteiger partial charge in [0.25, 0.3) is 5.97 Å². The summed E-state index contributed by atoms with van der Waals surface area (Å²) in [6.45, 7) is 13.8. The molecule has 0 aromatic heterocycles. The molecular formula is C27H44N2O10. The Hall–Kier alpha value is -3.70. The number of ether oxygens (including phenoxy) is 3. The van der Waals surface area contributed by atoms with Gasteiger partial charge in [0.05, 0.1) is 7.11 Å².